The monoisotopic (exact) mass is 529 g/mol. The molecule has 1 unspecified atom stereocenters. The first-order valence-electron chi connectivity index (χ1n) is 9.41. The van der Waals surface area contributed by atoms with Crippen LogP contribution in [-0.4, -0.2) is 49.8 Å². The lowest BCUT2D eigenvalue weighted by Gasteiger charge is -2.21. The Kier molecular flexibility index (Phi) is 9.35. The number of thioether (sulfide) groups is 1. The average molecular weight is 529 g/mol. The third-order valence-corrected chi connectivity index (χ3v) is 6.06. The van der Waals surface area contributed by atoms with Gasteiger partial charge >= 0.3 is 5.97 Å². The fourth-order valence-corrected chi connectivity index (χ4v) is 4.38. The Morgan fingerprint density at radius 2 is 2.14 bits per heavy atom. The number of likely N-dealkylation sites (tertiary alicyclic amines) is 1. The van der Waals surface area contributed by atoms with Crippen molar-refractivity contribution in [3.8, 4) is 0 Å². The normalized spacial score (nSPS) is 16.4. The number of carbonyl (C=O) groups is 1. The predicted molar refractivity (Wildman–Crippen MR) is 127 cm³/mol. The van der Waals surface area contributed by atoms with Gasteiger partial charge in [0.25, 0.3) is 0 Å². The second-order valence-corrected chi connectivity index (χ2v) is 7.89. The summed E-state index contributed by atoms with van der Waals surface area (Å²) in [6.45, 7) is 4.22. The summed E-state index contributed by atoms with van der Waals surface area (Å²) in [6, 6.07) is 12.3. The molecule has 0 amide bonds. The number of aryl methyl sites for hydroxylation is 1. The lowest BCUT2D eigenvalue weighted by Crippen LogP contribution is -2.39. The molecule has 1 aliphatic rings. The van der Waals surface area contributed by atoms with Crippen LogP contribution in [0.4, 0.5) is 0 Å². The highest BCUT2D eigenvalue weighted by molar-refractivity contribution is 14.0. The number of ether oxygens (including phenoxy) is 1. The van der Waals surface area contributed by atoms with Gasteiger partial charge in [0.05, 0.1) is 13.7 Å². The number of methoxy groups -OCH3 is 1. The molecule has 2 aromatic rings. The Morgan fingerprint density at radius 1 is 1.38 bits per heavy atom. The van der Waals surface area contributed by atoms with Crippen molar-refractivity contribution in [1.29, 1.82) is 0 Å². The molecule has 0 aliphatic carbocycles. The van der Waals surface area contributed by atoms with Crippen LogP contribution in [-0.2, 0) is 11.3 Å². The number of esters is 1. The Labute approximate surface area is 193 Å². The van der Waals surface area contributed by atoms with Gasteiger partial charge in [-0.2, -0.15) is 0 Å². The molecule has 6 nitrogen and oxygen atoms in total. The van der Waals surface area contributed by atoms with E-state index in [1.54, 1.807) is 20.0 Å². The second-order valence-electron chi connectivity index (χ2n) is 6.80. The number of furan rings is 1. The molecule has 1 fully saturated rings. The van der Waals surface area contributed by atoms with E-state index in [4.69, 9.17) is 9.15 Å². The van der Waals surface area contributed by atoms with Gasteiger partial charge in [0.15, 0.2) is 5.96 Å². The first-order chi connectivity index (χ1) is 13.6. The van der Waals surface area contributed by atoms with Crippen LogP contribution in [0.2, 0.25) is 0 Å². The summed E-state index contributed by atoms with van der Waals surface area (Å²) in [6.07, 6.45) is 1.16. The molecule has 1 saturated heterocycles. The maximum Gasteiger partial charge on any atom is 0.341 e. The molecule has 3 rings (SSSR count). The first-order valence-corrected chi connectivity index (χ1v) is 10.4. The fraction of sp³-hybridized carbons (Fsp3) is 0.429. The van der Waals surface area contributed by atoms with Gasteiger partial charge in [-0.3, -0.25) is 4.99 Å². The van der Waals surface area contributed by atoms with Crippen LogP contribution in [0, 0.1) is 12.8 Å². The number of nitrogens with zero attached hydrogens (tertiary/aromatic N) is 2. The van der Waals surface area contributed by atoms with E-state index in [-0.39, 0.29) is 29.9 Å². The SMILES string of the molecule is CN=C(NCc1cc(C(=O)OC)c(C)o1)N1CCC(CSc2ccccc2)C1.I. The molecule has 1 atom stereocenters. The van der Waals surface area contributed by atoms with Crippen molar-refractivity contribution in [2.75, 3.05) is 33.0 Å². The molecule has 0 bridgehead atoms. The molecule has 0 spiro atoms. The molecule has 0 saturated carbocycles. The molecule has 0 radical (unpaired) electrons. The van der Waals surface area contributed by atoms with E-state index in [0.29, 0.717) is 29.5 Å². The van der Waals surface area contributed by atoms with Crippen LogP contribution in [0.25, 0.3) is 0 Å². The van der Waals surface area contributed by atoms with Gasteiger partial charge in [0, 0.05) is 30.8 Å². The van der Waals surface area contributed by atoms with E-state index in [2.05, 4.69) is 39.5 Å². The van der Waals surface area contributed by atoms with Crippen molar-refractivity contribution in [3.63, 3.8) is 0 Å². The number of hydrogen-bond acceptors (Lipinski definition) is 5. The highest BCUT2D eigenvalue weighted by atomic mass is 127. The smallest absolute Gasteiger partial charge is 0.341 e. The van der Waals surface area contributed by atoms with Gasteiger partial charge in [0.2, 0.25) is 0 Å². The number of hydrogen-bond donors (Lipinski definition) is 1. The number of carbonyl (C=O) groups excluding carboxylic acids is 1. The largest absolute Gasteiger partial charge is 0.465 e. The zero-order chi connectivity index (χ0) is 19.9. The van der Waals surface area contributed by atoms with Crippen molar-refractivity contribution in [2.45, 2.75) is 24.8 Å². The topological polar surface area (TPSA) is 67.1 Å². The molecule has 2 heterocycles. The van der Waals surface area contributed by atoms with Gasteiger partial charge in [0.1, 0.15) is 17.1 Å². The Balaban J connectivity index is 0.00000300. The summed E-state index contributed by atoms with van der Waals surface area (Å²) in [4.78, 5) is 19.7. The molecule has 29 heavy (non-hydrogen) atoms. The summed E-state index contributed by atoms with van der Waals surface area (Å²) in [7, 11) is 3.16. The Hall–Kier alpha value is -1.68. The minimum Gasteiger partial charge on any atom is -0.465 e. The van der Waals surface area contributed by atoms with E-state index in [1.165, 1.54) is 12.0 Å². The lowest BCUT2D eigenvalue weighted by atomic mass is 10.2. The Morgan fingerprint density at radius 3 is 2.83 bits per heavy atom. The zero-order valence-corrected chi connectivity index (χ0v) is 20.2. The van der Waals surface area contributed by atoms with Gasteiger partial charge in [-0.15, -0.1) is 35.7 Å². The summed E-state index contributed by atoms with van der Waals surface area (Å²) >= 11 is 1.91. The van der Waals surface area contributed by atoms with Crippen LogP contribution in [0.3, 0.4) is 0 Å². The van der Waals surface area contributed by atoms with Gasteiger partial charge in [-0.05, 0) is 37.5 Å². The van der Waals surface area contributed by atoms with Crippen LogP contribution < -0.4 is 5.32 Å². The summed E-state index contributed by atoms with van der Waals surface area (Å²) < 4.78 is 10.4. The standard InChI is InChI=1S/C21H27N3O3S.HI/c1-15-19(20(25)26-3)11-17(27-15)12-23-21(22-2)24-10-9-16(13-24)14-28-18-7-5-4-6-8-18;/h4-8,11,16H,9-10,12-14H2,1-3H3,(H,22,23);1H. The van der Waals surface area contributed by atoms with Crippen molar-refractivity contribution < 1.29 is 13.9 Å². The predicted octanol–water partition coefficient (Wildman–Crippen LogP) is 4.18. The molecule has 1 aliphatic heterocycles. The maximum atomic E-state index is 11.7. The molecule has 8 heteroatoms. The number of aliphatic imine (C=N–C) groups is 1. The quantitative estimate of drug-likeness (QED) is 0.199. The van der Waals surface area contributed by atoms with E-state index in [1.807, 2.05) is 17.8 Å². The van der Waals surface area contributed by atoms with Crippen molar-refractivity contribution in [3.05, 3.63) is 53.5 Å². The molecular formula is C21H28IN3O3S. The van der Waals surface area contributed by atoms with Crippen molar-refractivity contribution in [1.82, 2.24) is 10.2 Å². The minimum atomic E-state index is -0.379. The third-order valence-electron chi connectivity index (χ3n) is 4.82. The highest BCUT2D eigenvalue weighted by Gasteiger charge is 2.25. The lowest BCUT2D eigenvalue weighted by molar-refractivity contribution is 0.0599. The number of nitrogens with one attached hydrogen (secondary N) is 1. The average Bonchev–Trinajstić information content (AvgIpc) is 3.34. The summed E-state index contributed by atoms with van der Waals surface area (Å²) in [5, 5.41) is 3.34. The van der Waals surface area contributed by atoms with Crippen LogP contribution in [0.15, 0.2) is 50.7 Å². The van der Waals surface area contributed by atoms with E-state index < -0.39 is 0 Å². The van der Waals surface area contributed by atoms with Crippen molar-refractivity contribution in [2.24, 2.45) is 10.9 Å². The van der Waals surface area contributed by atoms with E-state index >= 15 is 0 Å². The van der Waals surface area contributed by atoms with Gasteiger partial charge < -0.3 is 19.4 Å². The zero-order valence-electron chi connectivity index (χ0n) is 17.0. The first kappa shape index (κ1) is 23.6. The number of benzene rings is 1. The van der Waals surface area contributed by atoms with Crippen molar-refractivity contribution >= 4 is 47.7 Å². The third kappa shape index (κ3) is 6.40. The fourth-order valence-electron chi connectivity index (χ4n) is 3.33. The van der Waals surface area contributed by atoms with E-state index in [0.717, 1.165) is 31.2 Å². The molecular weight excluding hydrogens is 501 g/mol. The number of rotatable bonds is 6. The van der Waals surface area contributed by atoms with E-state index in [9.17, 15) is 4.79 Å². The highest BCUT2D eigenvalue weighted by Crippen LogP contribution is 2.26. The number of halogens is 1. The molecule has 158 valence electrons. The van der Waals surface area contributed by atoms with Crippen LogP contribution in [0.5, 0.6) is 0 Å². The molecule has 1 N–H and O–H groups in total. The number of guanidine groups is 1. The summed E-state index contributed by atoms with van der Waals surface area (Å²) in [5.41, 5.74) is 0.466. The van der Waals surface area contributed by atoms with Crippen LogP contribution in [0.1, 0.15) is 28.3 Å². The minimum absolute atomic E-state index is 0. The molecule has 1 aromatic heterocycles. The van der Waals surface area contributed by atoms with Gasteiger partial charge in [-0.1, -0.05) is 18.2 Å². The second kappa shape index (κ2) is 11.5. The maximum absolute atomic E-state index is 11.7. The van der Waals surface area contributed by atoms with Crippen LogP contribution >= 0.6 is 35.7 Å². The summed E-state index contributed by atoms with van der Waals surface area (Å²) in [5.74, 6) is 3.49. The van der Waals surface area contributed by atoms with Gasteiger partial charge in [-0.25, -0.2) is 4.79 Å². The molecule has 1 aromatic carbocycles. The Bertz CT molecular complexity index is 826.